The van der Waals surface area contributed by atoms with Crippen molar-refractivity contribution < 1.29 is 14.4 Å². The Morgan fingerprint density at radius 3 is 2.62 bits per heavy atom. The Kier molecular flexibility index (Phi) is 6.20. The molecule has 1 unspecified atom stereocenters. The SMILES string of the molecule is O=C1CCC(N2Cc3cc(C4CCN(Cc5cc6cc(-c7ccccn7)ccn6c5)CC4)ccc3C2=O)C(=O)N1. The minimum absolute atomic E-state index is 0.113. The topological polar surface area (TPSA) is 87.0 Å². The van der Waals surface area contributed by atoms with Gasteiger partial charge in [0.2, 0.25) is 11.8 Å². The quantitative estimate of drug-likeness (QED) is 0.390. The second-order valence-electron chi connectivity index (χ2n) is 11.2. The lowest BCUT2D eigenvalue weighted by atomic mass is 9.88. The summed E-state index contributed by atoms with van der Waals surface area (Å²) in [5.74, 6) is -0.290. The minimum atomic E-state index is -0.572. The molecule has 0 spiro atoms. The number of imide groups is 1. The molecule has 2 fully saturated rings. The van der Waals surface area contributed by atoms with Gasteiger partial charge in [0, 0.05) is 54.7 Å². The van der Waals surface area contributed by atoms with Crippen LogP contribution in [0.1, 0.15) is 58.6 Å². The molecule has 4 aromatic rings. The lowest BCUT2D eigenvalue weighted by molar-refractivity contribution is -0.136. The summed E-state index contributed by atoms with van der Waals surface area (Å²) >= 11 is 0. The number of pyridine rings is 2. The van der Waals surface area contributed by atoms with Crippen LogP contribution in [0.25, 0.3) is 16.8 Å². The van der Waals surface area contributed by atoms with Gasteiger partial charge in [-0.25, -0.2) is 0 Å². The molecule has 202 valence electrons. The third-order valence-electron chi connectivity index (χ3n) is 8.63. The van der Waals surface area contributed by atoms with E-state index in [4.69, 9.17) is 0 Å². The fourth-order valence-electron chi connectivity index (χ4n) is 6.48. The smallest absolute Gasteiger partial charge is 0.255 e. The number of amides is 3. The van der Waals surface area contributed by atoms with Gasteiger partial charge in [0.15, 0.2) is 0 Å². The monoisotopic (exact) mass is 533 g/mol. The molecule has 3 aliphatic heterocycles. The number of hydrogen-bond donors (Lipinski definition) is 1. The first-order valence-corrected chi connectivity index (χ1v) is 14.0. The third-order valence-corrected chi connectivity index (χ3v) is 8.63. The van der Waals surface area contributed by atoms with Crippen molar-refractivity contribution >= 4 is 23.2 Å². The predicted molar refractivity (Wildman–Crippen MR) is 150 cm³/mol. The van der Waals surface area contributed by atoms with Crippen molar-refractivity contribution in [3.8, 4) is 11.3 Å². The van der Waals surface area contributed by atoms with Gasteiger partial charge in [0.25, 0.3) is 5.91 Å². The van der Waals surface area contributed by atoms with Crippen molar-refractivity contribution in [2.75, 3.05) is 13.1 Å². The van der Waals surface area contributed by atoms with Gasteiger partial charge in [0.05, 0.1) is 5.69 Å². The predicted octanol–water partition coefficient (Wildman–Crippen LogP) is 4.14. The maximum Gasteiger partial charge on any atom is 0.255 e. The van der Waals surface area contributed by atoms with Gasteiger partial charge in [0.1, 0.15) is 6.04 Å². The molecule has 3 aliphatic rings. The molecule has 1 aromatic carbocycles. The molecule has 2 saturated heterocycles. The number of likely N-dealkylation sites (tertiary alicyclic amines) is 1. The Morgan fingerprint density at radius 1 is 0.950 bits per heavy atom. The summed E-state index contributed by atoms with van der Waals surface area (Å²) < 4.78 is 2.18. The van der Waals surface area contributed by atoms with Gasteiger partial charge in [-0.2, -0.15) is 0 Å². The van der Waals surface area contributed by atoms with E-state index in [1.807, 2.05) is 30.5 Å². The first kappa shape index (κ1) is 24.7. The average molecular weight is 534 g/mol. The summed E-state index contributed by atoms with van der Waals surface area (Å²) in [4.78, 5) is 45.5. The standard InChI is InChI=1S/C32H31N5O3/c38-30-7-6-29(31(39)34-30)37-20-25-16-23(4-5-27(25)32(37)40)22-8-12-35(13-9-22)18-21-15-26-17-24(10-14-36(26)19-21)28-3-1-2-11-33-28/h1-5,10-11,14-17,19,22,29H,6-9,12-13,18,20H2,(H,34,38,39). The van der Waals surface area contributed by atoms with Gasteiger partial charge in [-0.1, -0.05) is 18.2 Å². The zero-order chi connectivity index (χ0) is 27.2. The van der Waals surface area contributed by atoms with Crippen LogP contribution in [-0.4, -0.2) is 56.0 Å². The molecule has 0 aliphatic carbocycles. The van der Waals surface area contributed by atoms with Crippen LogP contribution in [0.2, 0.25) is 0 Å². The fraction of sp³-hybridized carbons (Fsp3) is 0.312. The van der Waals surface area contributed by atoms with Gasteiger partial charge < -0.3 is 9.30 Å². The van der Waals surface area contributed by atoms with Crippen LogP contribution in [-0.2, 0) is 22.7 Å². The number of carbonyl (C=O) groups is 3. The Morgan fingerprint density at radius 2 is 1.82 bits per heavy atom. The first-order valence-electron chi connectivity index (χ1n) is 14.0. The number of fused-ring (bicyclic) bond motifs is 2. The molecular weight excluding hydrogens is 502 g/mol. The molecule has 8 heteroatoms. The number of nitrogens with zero attached hydrogens (tertiary/aromatic N) is 4. The van der Waals surface area contributed by atoms with Crippen LogP contribution in [0, 0.1) is 0 Å². The number of piperidine rings is 2. The third kappa shape index (κ3) is 4.58. The Hall–Kier alpha value is -4.30. The Balaban J connectivity index is 0.987. The average Bonchev–Trinajstić information content (AvgIpc) is 3.53. The molecule has 1 N–H and O–H groups in total. The summed E-state index contributed by atoms with van der Waals surface area (Å²) in [5, 5.41) is 2.37. The second kappa shape index (κ2) is 10.0. The number of carbonyl (C=O) groups excluding carboxylic acids is 3. The number of benzene rings is 1. The zero-order valence-corrected chi connectivity index (χ0v) is 22.3. The van der Waals surface area contributed by atoms with Gasteiger partial charge in [-0.05, 0) is 91.4 Å². The number of hydrogen-bond acceptors (Lipinski definition) is 5. The molecule has 7 rings (SSSR count). The highest BCUT2D eigenvalue weighted by molar-refractivity contribution is 6.05. The summed E-state index contributed by atoms with van der Waals surface area (Å²) in [7, 11) is 0. The summed E-state index contributed by atoms with van der Waals surface area (Å²) in [6.45, 7) is 3.40. The van der Waals surface area contributed by atoms with E-state index in [1.54, 1.807) is 4.90 Å². The first-order chi connectivity index (χ1) is 19.5. The van der Waals surface area contributed by atoms with Gasteiger partial charge in [-0.15, -0.1) is 0 Å². The van der Waals surface area contributed by atoms with E-state index in [-0.39, 0.29) is 24.1 Å². The molecule has 8 nitrogen and oxygen atoms in total. The lowest BCUT2D eigenvalue weighted by Gasteiger charge is -2.32. The normalized spacial score (nSPS) is 20.2. The fourth-order valence-corrected chi connectivity index (χ4v) is 6.48. The van der Waals surface area contributed by atoms with E-state index in [0.717, 1.165) is 49.3 Å². The minimum Gasteiger partial charge on any atom is -0.323 e. The Bertz CT molecular complexity index is 1620. The summed E-state index contributed by atoms with van der Waals surface area (Å²) in [6, 6.07) is 18.2. The van der Waals surface area contributed by atoms with Crippen LogP contribution in [0.4, 0.5) is 0 Å². The maximum absolute atomic E-state index is 13.0. The molecule has 40 heavy (non-hydrogen) atoms. The molecular formula is C32H31N5O3. The highest BCUT2D eigenvalue weighted by Crippen LogP contribution is 2.34. The maximum atomic E-state index is 13.0. The molecule has 3 amide bonds. The highest BCUT2D eigenvalue weighted by atomic mass is 16.2. The van der Waals surface area contributed by atoms with Crippen LogP contribution < -0.4 is 5.32 Å². The van der Waals surface area contributed by atoms with Crippen LogP contribution in [0.3, 0.4) is 0 Å². The highest BCUT2D eigenvalue weighted by Gasteiger charge is 2.39. The molecule has 0 saturated carbocycles. The van der Waals surface area contributed by atoms with Gasteiger partial charge >= 0.3 is 0 Å². The van der Waals surface area contributed by atoms with E-state index >= 15 is 0 Å². The zero-order valence-electron chi connectivity index (χ0n) is 22.3. The van der Waals surface area contributed by atoms with Crippen LogP contribution in [0.5, 0.6) is 0 Å². The molecule has 6 heterocycles. The molecule has 0 bridgehead atoms. The van der Waals surface area contributed by atoms with Gasteiger partial charge in [-0.3, -0.25) is 29.6 Å². The number of aromatic nitrogens is 2. The lowest BCUT2D eigenvalue weighted by Crippen LogP contribution is -2.52. The van der Waals surface area contributed by atoms with Crippen molar-refractivity contribution in [1.82, 2.24) is 24.5 Å². The van der Waals surface area contributed by atoms with E-state index in [9.17, 15) is 14.4 Å². The van der Waals surface area contributed by atoms with E-state index in [1.165, 1.54) is 16.6 Å². The van der Waals surface area contributed by atoms with E-state index in [2.05, 4.69) is 62.3 Å². The van der Waals surface area contributed by atoms with Crippen molar-refractivity contribution in [1.29, 1.82) is 0 Å². The van der Waals surface area contributed by atoms with Crippen LogP contribution >= 0.6 is 0 Å². The molecule has 1 atom stereocenters. The van der Waals surface area contributed by atoms with E-state index in [0.29, 0.717) is 24.4 Å². The largest absolute Gasteiger partial charge is 0.323 e. The van der Waals surface area contributed by atoms with Crippen molar-refractivity contribution in [3.05, 3.63) is 95.4 Å². The number of rotatable bonds is 5. The van der Waals surface area contributed by atoms with Crippen molar-refractivity contribution in [2.24, 2.45) is 0 Å². The summed E-state index contributed by atoms with van der Waals surface area (Å²) in [6.07, 6.45) is 8.95. The summed E-state index contributed by atoms with van der Waals surface area (Å²) in [5.41, 5.74) is 7.52. The van der Waals surface area contributed by atoms with Crippen LogP contribution in [0.15, 0.2) is 73.2 Å². The van der Waals surface area contributed by atoms with Crippen molar-refractivity contribution in [3.63, 3.8) is 0 Å². The van der Waals surface area contributed by atoms with E-state index < -0.39 is 6.04 Å². The molecule has 0 radical (unpaired) electrons. The Labute approximate surface area is 232 Å². The number of nitrogens with one attached hydrogen (secondary N) is 1. The van der Waals surface area contributed by atoms with Crippen molar-refractivity contribution in [2.45, 2.75) is 50.7 Å². The second-order valence-corrected chi connectivity index (χ2v) is 11.2. The molecule has 3 aromatic heterocycles.